The summed E-state index contributed by atoms with van der Waals surface area (Å²) in [7, 11) is 0. The molecule has 0 aromatic heterocycles. The van der Waals surface area contributed by atoms with E-state index in [9.17, 15) is 9.59 Å². The molecule has 0 spiro atoms. The maximum atomic E-state index is 12.0. The van der Waals surface area contributed by atoms with Crippen LogP contribution in [0.3, 0.4) is 0 Å². The molecular weight excluding hydrogens is 206 g/mol. The number of hydrogen-bond acceptors (Lipinski definition) is 3. The van der Waals surface area contributed by atoms with Crippen molar-refractivity contribution in [2.75, 3.05) is 6.54 Å². The maximum absolute atomic E-state index is 12.0. The summed E-state index contributed by atoms with van der Waals surface area (Å²) < 4.78 is 0. The Morgan fingerprint density at radius 3 is 2.62 bits per heavy atom. The van der Waals surface area contributed by atoms with Crippen molar-refractivity contribution >= 4 is 11.9 Å². The number of nitrogens with one attached hydrogen (secondary N) is 1. The Kier molecular flexibility index (Phi) is 4.73. The minimum Gasteiger partial charge on any atom is -0.330 e. The van der Waals surface area contributed by atoms with E-state index in [2.05, 4.69) is 5.32 Å². The molecular formula is C11H21N3O2. The maximum Gasteiger partial charge on any atom is 0.325 e. The molecule has 92 valence electrons. The summed E-state index contributed by atoms with van der Waals surface area (Å²) in [5, 5.41) is 2.72. The largest absolute Gasteiger partial charge is 0.330 e. The summed E-state index contributed by atoms with van der Waals surface area (Å²) >= 11 is 0. The first-order valence-electron chi connectivity index (χ1n) is 5.99. The molecule has 3 amide bonds. The van der Waals surface area contributed by atoms with Gasteiger partial charge in [0, 0.05) is 6.04 Å². The van der Waals surface area contributed by atoms with E-state index >= 15 is 0 Å². The molecule has 3 N–H and O–H groups in total. The van der Waals surface area contributed by atoms with Crippen molar-refractivity contribution in [3.8, 4) is 0 Å². The molecule has 1 rings (SSSR count). The second-order valence-electron chi connectivity index (χ2n) is 4.14. The standard InChI is InChI=1S/C11H21N3O2/c1-3-5-9-10(15)14(11(16)13-9)8(4-2)6-7-12/h8-9H,3-7,12H2,1-2H3,(H,13,16). The molecule has 1 aliphatic rings. The molecule has 5 heteroatoms. The van der Waals surface area contributed by atoms with Crippen LogP contribution < -0.4 is 11.1 Å². The van der Waals surface area contributed by atoms with Gasteiger partial charge in [-0.1, -0.05) is 20.3 Å². The van der Waals surface area contributed by atoms with Crippen LogP contribution >= 0.6 is 0 Å². The molecule has 1 heterocycles. The van der Waals surface area contributed by atoms with Crippen LogP contribution in [-0.4, -0.2) is 35.5 Å². The Morgan fingerprint density at radius 1 is 1.44 bits per heavy atom. The normalized spacial score (nSPS) is 22.4. The minimum atomic E-state index is -0.329. The fourth-order valence-electron chi connectivity index (χ4n) is 2.09. The molecule has 1 fully saturated rings. The van der Waals surface area contributed by atoms with E-state index in [-0.39, 0.29) is 24.0 Å². The third kappa shape index (κ3) is 2.52. The van der Waals surface area contributed by atoms with Crippen molar-refractivity contribution in [1.29, 1.82) is 0 Å². The number of amides is 3. The molecule has 2 atom stereocenters. The second kappa shape index (κ2) is 5.84. The molecule has 0 aromatic rings. The molecule has 1 saturated heterocycles. The van der Waals surface area contributed by atoms with Crippen molar-refractivity contribution in [3.05, 3.63) is 0 Å². The van der Waals surface area contributed by atoms with Crippen molar-refractivity contribution in [3.63, 3.8) is 0 Å². The topological polar surface area (TPSA) is 75.4 Å². The molecule has 16 heavy (non-hydrogen) atoms. The third-order valence-corrected chi connectivity index (χ3v) is 2.97. The van der Waals surface area contributed by atoms with Gasteiger partial charge in [-0.3, -0.25) is 9.69 Å². The van der Waals surface area contributed by atoms with Crippen molar-refractivity contribution in [2.24, 2.45) is 5.73 Å². The predicted octanol–water partition coefficient (Wildman–Crippen LogP) is 0.834. The van der Waals surface area contributed by atoms with Crippen LogP contribution in [0, 0.1) is 0 Å². The van der Waals surface area contributed by atoms with E-state index in [1.54, 1.807) is 0 Å². The summed E-state index contributed by atoms with van der Waals surface area (Å²) in [5.41, 5.74) is 5.49. The summed E-state index contributed by atoms with van der Waals surface area (Å²) in [6, 6.07) is -0.646. The molecule has 0 radical (unpaired) electrons. The van der Waals surface area contributed by atoms with Gasteiger partial charge >= 0.3 is 6.03 Å². The lowest BCUT2D eigenvalue weighted by molar-refractivity contribution is -0.129. The van der Waals surface area contributed by atoms with Gasteiger partial charge in [0.25, 0.3) is 5.91 Å². The SMILES string of the molecule is CCCC1NC(=O)N(C(CC)CCN)C1=O. The van der Waals surface area contributed by atoms with Gasteiger partial charge in [-0.25, -0.2) is 4.79 Å². The van der Waals surface area contributed by atoms with Crippen molar-refractivity contribution in [1.82, 2.24) is 10.2 Å². The van der Waals surface area contributed by atoms with Gasteiger partial charge in [-0.2, -0.15) is 0 Å². The molecule has 0 aromatic carbocycles. The Labute approximate surface area is 96.4 Å². The van der Waals surface area contributed by atoms with E-state index in [1.807, 2.05) is 13.8 Å². The highest BCUT2D eigenvalue weighted by molar-refractivity contribution is 6.04. The first kappa shape index (κ1) is 13.0. The van der Waals surface area contributed by atoms with Crippen LogP contribution in [0.2, 0.25) is 0 Å². The van der Waals surface area contributed by atoms with Crippen molar-refractivity contribution < 1.29 is 9.59 Å². The Bertz CT molecular complexity index is 268. The van der Waals surface area contributed by atoms with Crippen molar-refractivity contribution in [2.45, 2.75) is 51.6 Å². The summed E-state index contributed by atoms with van der Waals surface area (Å²) in [4.78, 5) is 25.0. The van der Waals surface area contributed by atoms with Crippen LogP contribution in [-0.2, 0) is 4.79 Å². The highest BCUT2D eigenvalue weighted by Crippen LogP contribution is 2.17. The lowest BCUT2D eigenvalue weighted by Gasteiger charge is -2.23. The highest BCUT2D eigenvalue weighted by atomic mass is 16.2. The lowest BCUT2D eigenvalue weighted by Crippen LogP contribution is -2.41. The summed E-state index contributed by atoms with van der Waals surface area (Å²) in [5.74, 6) is -0.0906. The van der Waals surface area contributed by atoms with E-state index in [4.69, 9.17) is 5.73 Å². The van der Waals surface area contributed by atoms with Crippen LogP contribution in [0.5, 0.6) is 0 Å². The predicted molar refractivity (Wildman–Crippen MR) is 61.8 cm³/mol. The lowest BCUT2D eigenvalue weighted by atomic mass is 10.1. The monoisotopic (exact) mass is 227 g/mol. The average molecular weight is 227 g/mol. The van der Waals surface area contributed by atoms with Gasteiger partial charge in [0.2, 0.25) is 0 Å². The summed E-state index contributed by atoms with van der Waals surface area (Å²) in [6.07, 6.45) is 3.03. The van der Waals surface area contributed by atoms with E-state index in [0.717, 1.165) is 12.8 Å². The number of urea groups is 1. The third-order valence-electron chi connectivity index (χ3n) is 2.97. The van der Waals surface area contributed by atoms with E-state index in [0.29, 0.717) is 19.4 Å². The number of rotatable bonds is 6. The first-order chi connectivity index (χ1) is 7.65. The van der Waals surface area contributed by atoms with Crippen LogP contribution in [0.4, 0.5) is 4.79 Å². The Hall–Kier alpha value is -1.10. The number of nitrogens with two attached hydrogens (primary N) is 1. The fourth-order valence-corrected chi connectivity index (χ4v) is 2.09. The Balaban J connectivity index is 2.72. The average Bonchev–Trinajstić information content (AvgIpc) is 2.53. The quantitative estimate of drug-likeness (QED) is 0.660. The van der Waals surface area contributed by atoms with Crippen LogP contribution in [0.15, 0.2) is 0 Å². The highest BCUT2D eigenvalue weighted by Gasteiger charge is 2.40. The number of carbonyl (C=O) groups is 2. The number of imide groups is 1. The minimum absolute atomic E-state index is 0.0562. The molecule has 0 saturated carbocycles. The zero-order chi connectivity index (χ0) is 12.1. The van der Waals surface area contributed by atoms with Crippen LogP contribution in [0.25, 0.3) is 0 Å². The van der Waals surface area contributed by atoms with Gasteiger partial charge in [0.15, 0.2) is 0 Å². The van der Waals surface area contributed by atoms with Gasteiger partial charge < -0.3 is 11.1 Å². The Morgan fingerprint density at radius 2 is 2.12 bits per heavy atom. The fraction of sp³-hybridized carbons (Fsp3) is 0.818. The smallest absolute Gasteiger partial charge is 0.325 e. The molecule has 0 bridgehead atoms. The zero-order valence-corrected chi connectivity index (χ0v) is 10.0. The van der Waals surface area contributed by atoms with Gasteiger partial charge in [-0.15, -0.1) is 0 Å². The zero-order valence-electron chi connectivity index (χ0n) is 10.0. The molecule has 5 nitrogen and oxygen atoms in total. The van der Waals surface area contributed by atoms with E-state index in [1.165, 1.54) is 4.90 Å². The van der Waals surface area contributed by atoms with Crippen LogP contribution in [0.1, 0.15) is 39.5 Å². The number of nitrogens with zero attached hydrogens (tertiary/aromatic N) is 1. The van der Waals surface area contributed by atoms with Gasteiger partial charge in [0.05, 0.1) is 0 Å². The molecule has 0 aliphatic carbocycles. The summed E-state index contributed by atoms with van der Waals surface area (Å²) in [6.45, 7) is 4.46. The number of carbonyl (C=O) groups excluding carboxylic acids is 2. The molecule has 2 unspecified atom stereocenters. The van der Waals surface area contributed by atoms with E-state index < -0.39 is 0 Å². The first-order valence-corrected chi connectivity index (χ1v) is 5.99. The van der Waals surface area contributed by atoms with Gasteiger partial charge in [-0.05, 0) is 25.8 Å². The second-order valence-corrected chi connectivity index (χ2v) is 4.14. The molecule has 1 aliphatic heterocycles. The number of hydrogen-bond donors (Lipinski definition) is 2. The van der Waals surface area contributed by atoms with Gasteiger partial charge in [0.1, 0.15) is 6.04 Å².